The van der Waals surface area contributed by atoms with Gasteiger partial charge in [-0.15, -0.1) is 4.83 Å². The summed E-state index contributed by atoms with van der Waals surface area (Å²) in [6.45, 7) is 2.24. The number of nitrogens with zero attached hydrogens (tertiary/aromatic N) is 1. The van der Waals surface area contributed by atoms with Crippen molar-refractivity contribution < 1.29 is 14.1 Å². The third kappa shape index (κ3) is 3.31. The van der Waals surface area contributed by atoms with Crippen LogP contribution in [0.4, 0.5) is 0 Å². The van der Waals surface area contributed by atoms with Gasteiger partial charge in [-0.2, -0.15) is 0 Å². The summed E-state index contributed by atoms with van der Waals surface area (Å²) in [5.74, 6) is 0. The number of nitrogens with one attached hydrogen (secondary N) is 2. The van der Waals surface area contributed by atoms with Gasteiger partial charge in [-0.05, 0) is 6.92 Å². The number of allylic oxidation sites excluding steroid dienone is 1. The zero-order valence-corrected chi connectivity index (χ0v) is 8.13. The highest BCUT2D eigenvalue weighted by Gasteiger charge is 2.13. The van der Waals surface area contributed by atoms with E-state index in [1.807, 2.05) is 6.92 Å². The van der Waals surface area contributed by atoms with E-state index < -0.39 is 11.2 Å². The second-order valence-corrected chi connectivity index (χ2v) is 3.64. The van der Waals surface area contributed by atoms with E-state index in [9.17, 15) is 4.21 Å². The molecule has 7 heteroatoms. The average Bonchev–Trinajstić information content (AvgIpc) is 2.11. The predicted octanol–water partition coefficient (Wildman–Crippen LogP) is -1.20. The summed E-state index contributed by atoms with van der Waals surface area (Å²) in [6, 6.07) is 0. The standard InChI is InChI=1S/C6H13N3O3S/c1-6-4-9(5-12-3-2-10)13(11)8-7-6/h4,7-8,10H,2-3,5H2,1H3. The molecular weight excluding hydrogens is 194 g/mol. The van der Waals surface area contributed by atoms with Crippen molar-refractivity contribution in [2.45, 2.75) is 6.92 Å². The van der Waals surface area contributed by atoms with E-state index in [2.05, 4.69) is 10.3 Å². The quantitative estimate of drug-likeness (QED) is 0.506. The molecule has 0 amide bonds. The zero-order chi connectivity index (χ0) is 9.68. The van der Waals surface area contributed by atoms with Crippen molar-refractivity contribution in [1.29, 1.82) is 0 Å². The largest absolute Gasteiger partial charge is 0.394 e. The van der Waals surface area contributed by atoms with Crippen molar-refractivity contribution in [2.24, 2.45) is 0 Å². The molecule has 76 valence electrons. The number of hydrazine groups is 1. The van der Waals surface area contributed by atoms with E-state index in [-0.39, 0.29) is 19.9 Å². The number of aliphatic hydroxyl groups excluding tert-OH is 1. The summed E-state index contributed by atoms with van der Waals surface area (Å²) in [5, 5.41) is 8.45. The monoisotopic (exact) mass is 207 g/mol. The average molecular weight is 207 g/mol. The van der Waals surface area contributed by atoms with Gasteiger partial charge in [-0.3, -0.25) is 4.31 Å². The molecular formula is C6H13N3O3S. The van der Waals surface area contributed by atoms with Gasteiger partial charge in [0, 0.05) is 11.9 Å². The Kier molecular flexibility index (Phi) is 4.16. The lowest BCUT2D eigenvalue weighted by Gasteiger charge is -2.25. The summed E-state index contributed by atoms with van der Waals surface area (Å²) >= 11 is -1.31. The van der Waals surface area contributed by atoms with Crippen LogP contribution in [-0.2, 0) is 15.9 Å². The summed E-state index contributed by atoms with van der Waals surface area (Å²) in [6.07, 6.45) is 1.68. The minimum Gasteiger partial charge on any atom is -0.394 e. The number of hydrogen-bond acceptors (Lipinski definition) is 4. The van der Waals surface area contributed by atoms with Crippen LogP contribution in [0.15, 0.2) is 11.9 Å². The maximum atomic E-state index is 11.2. The first-order valence-electron chi connectivity index (χ1n) is 3.81. The summed E-state index contributed by atoms with van der Waals surface area (Å²) in [5.41, 5.74) is 3.57. The van der Waals surface area contributed by atoms with E-state index >= 15 is 0 Å². The van der Waals surface area contributed by atoms with Gasteiger partial charge in [0.15, 0.2) is 0 Å². The highest BCUT2D eigenvalue weighted by atomic mass is 32.2. The van der Waals surface area contributed by atoms with Crippen molar-refractivity contribution >= 4 is 11.2 Å². The Morgan fingerprint density at radius 1 is 1.77 bits per heavy atom. The molecule has 1 aliphatic rings. The van der Waals surface area contributed by atoms with Crippen LogP contribution in [0, 0.1) is 0 Å². The van der Waals surface area contributed by atoms with Crippen LogP contribution in [0.5, 0.6) is 0 Å². The molecule has 0 fully saturated rings. The lowest BCUT2D eigenvalue weighted by atomic mass is 10.5. The van der Waals surface area contributed by atoms with Gasteiger partial charge in [0.25, 0.3) is 0 Å². The molecule has 1 unspecified atom stereocenters. The minimum absolute atomic E-state index is 0.0329. The second-order valence-electron chi connectivity index (χ2n) is 2.47. The Bertz CT molecular complexity index is 221. The van der Waals surface area contributed by atoms with E-state index in [0.717, 1.165) is 5.70 Å². The van der Waals surface area contributed by atoms with E-state index in [4.69, 9.17) is 9.84 Å². The Morgan fingerprint density at radius 2 is 2.54 bits per heavy atom. The fourth-order valence-corrected chi connectivity index (χ4v) is 1.57. The molecule has 0 saturated carbocycles. The van der Waals surface area contributed by atoms with Crippen LogP contribution in [0.2, 0.25) is 0 Å². The van der Waals surface area contributed by atoms with Crippen LogP contribution in [-0.4, -0.2) is 33.6 Å². The summed E-state index contributed by atoms with van der Waals surface area (Å²) in [4.78, 5) is 2.55. The molecule has 1 heterocycles. The van der Waals surface area contributed by atoms with Crippen LogP contribution in [0.25, 0.3) is 0 Å². The van der Waals surface area contributed by atoms with E-state index in [1.54, 1.807) is 6.20 Å². The Balaban J connectivity index is 2.37. The SMILES string of the molecule is CC1=CN(COCCO)S(=O)NN1. The van der Waals surface area contributed by atoms with Crippen LogP contribution >= 0.6 is 0 Å². The number of ether oxygens (including phenoxy) is 1. The van der Waals surface area contributed by atoms with Gasteiger partial charge < -0.3 is 15.3 Å². The van der Waals surface area contributed by atoms with E-state index in [1.165, 1.54) is 4.31 Å². The van der Waals surface area contributed by atoms with Crippen molar-refractivity contribution in [2.75, 3.05) is 19.9 Å². The molecule has 0 aromatic carbocycles. The third-order valence-electron chi connectivity index (χ3n) is 1.34. The molecule has 6 nitrogen and oxygen atoms in total. The zero-order valence-electron chi connectivity index (χ0n) is 7.32. The van der Waals surface area contributed by atoms with Crippen LogP contribution in [0.1, 0.15) is 6.92 Å². The van der Waals surface area contributed by atoms with Crippen molar-refractivity contribution in [3.63, 3.8) is 0 Å². The van der Waals surface area contributed by atoms with Gasteiger partial charge in [0.2, 0.25) is 11.2 Å². The molecule has 0 aromatic heterocycles. The highest BCUT2D eigenvalue weighted by Crippen LogP contribution is 2.02. The Hall–Kier alpha value is -0.630. The molecule has 1 aliphatic heterocycles. The van der Waals surface area contributed by atoms with Crippen LogP contribution in [0.3, 0.4) is 0 Å². The third-order valence-corrected chi connectivity index (χ3v) is 2.25. The fraction of sp³-hybridized carbons (Fsp3) is 0.667. The lowest BCUT2D eigenvalue weighted by molar-refractivity contribution is 0.0591. The highest BCUT2D eigenvalue weighted by molar-refractivity contribution is 7.80. The van der Waals surface area contributed by atoms with Crippen molar-refractivity contribution in [3.8, 4) is 0 Å². The maximum Gasteiger partial charge on any atom is 0.216 e. The lowest BCUT2D eigenvalue weighted by Crippen LogP contribution is -2.45. The first-order chi connectivity index (χ1) is 6.24. The van der Waals surface area contributed by atoms with Gasteiger partial charge >= 0.3 is 0 Å². The number of rotatable bonds is 4. The van der Waals surface area contributed by atoms with Crippen LogP contribution < -0.4 is 10.3 Å². The molecule has 0 radical (unpaired) electrons. The minimum atomic E-state index is -1.31. The molecule has 1 rings (SSSR count). The molecule has 0 aliphatic carbocycles. The first kappa shape index (κ1) is 10.5. The van der Waals surface area contributed by atoms with Crippen molar-refractivity contribution in [1.82, 2.24) is 14.6 Å². The van der Waals surface area contributed by atoms with E-state index in [0.29, 0.717) is 0 Å². The predicted molar refractivity (Wildman–Crippen MR) is 47.9 cm³/mol. The fourth-order valence-electron chi connectivity index (χ4n) is 0.783. The summed E-state index contributed by atoms with van der Waals surface area (Å²) in [7, 11) is 0. The topological polar surface area (TPSA) is 73.8 Å². The van der Waals surface area contributed by atoms with Gasteiger partial charge in [0.05, 0.1) is 13.2 Å². The first-order valence-corrected chi connectivity index (χ1v) is 4.92. The Morgan fingerprint density at radius 3 is 3.23 bits per heavy atom. The number of aliphatic hydroxyl groups is 1. The molecule has 0 bridgehead atoms. The normalized spacial score (nSPS) is 22.5. The summed E-state index contributed by atoms with van der Waals surface area (Å²) < 4.78 is 17.7. The molecule has 3 N–H and O–H groups in total. The van der Waals surface area contributed by atoms with Gasteiger partial charge in [-0.25, -0.2) is 4.21 Å². The van der Waals surface area contributed by atoms with Crippen molar-refractivity contribution in [3.05, 3.63) is 11.9 Å². The molecule has 0 saturated heterocycles. The maximum absolute atomic E-state index is 11.2. The van der Waals surface area contributed by atoms with Gasteiger partial charge in [-0.1, -0.05) is 0 Å². The Labute approximate surface area is 79.3 Å². The molecule has 0 spiro atoms. The smallest absolute Gasteiger partial charge is 0.216 e. The molecule has 13 heavy (non-hydrogen) atoms. The second kappa shape index (κ2) is 5.18. The number of hydrogen-bond donors (Lipinski definition) is 3. The van der Waals surface area contributed by atoms with Gasteiger partial charge in [0.1, 0.15) is 6.73 Å². The molecule has 1 atom stereocenters. The molecule has 0 aromatic rings.